The van der Waals surface area contributed by atoms with E-state index < -0.39 is 0 Å². The van der Waals surface area contributed by atoms with Gasteiger partial charge in [-0.1, -0.05) is 47.6 Å². The van der Waals surface area contributed by atoms with Crippen molar-refractivity contribution < 1.29 is 4.52 Å². The number of fused-ring (bicyclic) bond motifs is 1. The highest BCUT2D eigenvalue weighted by atomic mass is 16.5. The van der Waals surface area contributed by atoms with Gasteiger partial charge in [0.05, 0.1) is 0 Å². The Morgan fingerprint density at radius 1 is 0.909 bits per heavy atom. The van der Waals surface area contributed by atoms with E-state index in [2.05, 4.69) is 33.3 Å². The molecule has 0 atom stereocenters. The average molecular weight is 287 g/mol. The highest BCUT2D eigenvalue weighted by Gasteiger charge is 2.14. The van der Waals surface area contributed by atoms with Crippen LogP contribution in [0.25, 0.3) is 33.7 Å². The lowest BCUT2D eigenvalue weighted by molar-refractivity contribution is 0.432. The van der Waals surface area contributed by atoms with Gasteiger partial charge in [-0.15, -0.1) is 0 Å². The van der Waals surface area contributed by atoms with Crippen LogP contribution in [0.5, 0.6) is 0 Å². The van der Waals surface area contributed by atoms with Crippen molar-refractivity contribution in [2.45, 2.75) is 6.92 Å². The topological polar surface area (TPSA) is 51.8 Å². The summed E-state index contributed by atoms with van der Waals surface area (Å²) < 4.78 is 5.47. The maximum atomic E-state index is 5.47. The maximum Gasteiger partial charge on any atom is 0.258 e. The van der Waals surface area contributed by atoms with Crippen LogP contribution in [0.15, 0.2) is 65.3 Å². The first kappa shape index (κ1) is 12.7. The second-order valence-corrected chi connectivity index (χ2v) is 5.12. The van der Waals surface area contributed by atoms with Crippen LogP contribution in [0.1, 0.15) is 5.56 Å². The van der Waals surface area contributed by atoms with Crippen molar-refractivity contribution in [3.8, 4) is 23.0 Å². The van der Waals surface area contributed by atoms with E-state index >= 15 is 0 Å². The summed E-state index contributed by atoms with van der Waals surface area (Å²) in [6, 6.07) is 18.1. The molecule has 0 saturated carbocycles. The highest BCUT2D eigenvalue weighted by Crippen LogP contribution is 2.29. The number of hydrogen-bond acceptors (Lipinski definition) is 4. The van der Waals surface area contributed by atoms with Crippen LogP contribution in [-0.4, -0.2) is 15.1 Å². The average Bonchev–Trinajstić information content (AvgIpc) is 3.04. The molecule has 0 aliphatic carbocycles. The molecule has 4 nitrogen and oxygen atoms in total. The van der Waals surface area contributed by atoms with Gasteiger partial charge in [-0.2, -0.15) is 4.98 Å². The number of benzene rings is 2. The molecule has 22 heavy (non-hydrogen) atoms. The van der Waals surface area contributed by atoms with Crippen molar-refractivity contribution in [3.05, 3.63) is 66.4 Å². The normalized spacial score (nSPS) is 11.0. The zero-order valence-electron chi connectivity index (χ0n) is 12.0. The molecule has 0 aliphatic rings. The number of pyridine rings is 1. The van der Waals surface area contributed by atoms with Crippen LogP contribution >= 0.6 is 0 Å². The van der Waals surface area contributed by atoms with E-state index in [9.17, 15) is 0 Å². The number of hydrogen-bond donors (Lipinski definition) is 0. The summed E-state index contributed by atoms with van der Waals surface area (Å²) in [7, 11) is 0. The van der Waals surface area contributed by atoms with Crippen molar-refractivity contribution in [1.82, 2.24) is 15.1 Å². The first-order valence-corrected chi connectivity index (χ1v) is 7.07. The molecular weight excluding hydrogens is 274 g/mol. The van der Waals surface area contributed by atoms with Gasteiger partial charge in [0, 0.05) is 11.8 Å². The van der Waals surface area contributed by atoms with Crippen molar-refractivity contribution >= 4 is 10.8 Å². The molecule has 2 heterocycles. The summed E-state index contributed by atoms with van der Waals surface area (Å²) in [5.74, 6) is 1.03. The molecule has 0 fully saturated rings. The lowest BCUT2D eigenvalue weighted by atomic mass is 10.0. The second kappa shape index (κ2) is 5.07. The molecule has 0 saturated heterocycles. The minimum Gasteiger partial charge on any atom is -0.334 e. The number of aryl methyl sites for hydroxylation is 1. The van der Waals surface area contributed by atoms with E-state index in [0.29, 0.717) is 11.7 Å². The Kier molecular flexibility index (Phi) is 2.93. The molecule has 0 amide bonds. The quantitative estimate of drug-likeness (QED) is 0.552. The van der Waals surface area contributed by atoms with E-state index in [-0.39, 0.29) is 0 Å². The fourth-order valence-corrected chi connectivity index (χ4v) is 2.56. The number of nitrogens with zero attached hydrogens (tertiary/aromatic N) is 3. The Labute approximate surface area is 127 Å². The van der Waals surface area contributed by atoms with E-state index in [0.717, 1.165) is 27.6 Å². The monoisotopic (exact) mass is 287 g/mol. The van der Waals surface area contributed by atoms with Gasteiger partial charge in [0.15, 0.2) is 0 Å². The predicted molar refractivity (Wildman–Crippen MR) is 85.2 cm³/mol. The summed E-state index contributed by atoms with van der Waals surface area (Å²) in [6.07, 6.45) is 1.73. The van der Waals surface area contributed by atoms with E-state index in [1.54, 1.807) is 6.20 Å². The van der Waals surface area contributed by atoms with Crippen LogP contribution in [0.4, 0.5) is 0 Å². The standard InChI is InChI=1S/C18H13N3O/c1-12-6-5-11-19-16(12)17-20-18(22-21-17)15-10-4-8-13-7-2-3-9-14(13)15/h2-11H,1H3. The molecule has 4 rings (SSSR count). The number of aromatic nitrogens is 3. The Bertz CT molecular complexity index is 954. The molecule has 0 spiro atoms. The summed E-state index contributed by atoms with van der Waals surface area (Å²) in [4.78, 5) is 8.85. The Hall–Kier alpha value is -3.01. The molecule has 0 N–H and O–H groups in total. The van der Waals surface area contributed by atoms with Crippen molar-refractivity contribution in [2.24, 2.45) is 0 Å². The van der Waals surface area contributed by atoms with Crippen LogP contribution in [0.3, 0.4) is 0 Å². The molecule has 2 aromatic carbocycles. The lowest BCUT2D eigenvalue weighted by Crippen LogP contribution is -1.89. The SMILES string of the molecule is Cc1cccnc1-c1noc(-c2cccc3ccccc23)n1. The lowest BCUT2D eigenvalue weighted by Gasteiger charge is -2.01. The maximum absolute atomic E-state index is 5.47. The van der Waals surface area contributed by atoms with Crippen molar-refractivity contribution in [1.29, 1.82) is 0 Å². The van der Waals surface area contributed by atoms with E-state index in [1.807, 2.05) is 43.3 Å². The van der Waals surface area contributed by atoms with E-state index in [4.69, 9.17) is 4.52 Å². The molecule has 4 heteroatoms. The third-order valence-electron chi connectivity index (χ3n) is 3.67. The molecule has 2 aromatic heterocycles. The Balaban J connectivity index is 1.86. The van der Waals surface area contributed by atoms with E-state index in [1.165, 1.54) is 0 Å². The molecule has 106 valence electrons. The van der Waals surface area contributed by atoms with Gasteiger partial charge in [0.2, 0.25) is 5.82 Å². The minimum atomic E-state index is 0.511. The Morgan fingerprint density at radius 2 is 1.77 bits per heavy atom. The van der Waals surface area contributed by atoms with Gasteiger partial charge in [-0.05, 0) is 35.4 Å². The van der Waals surface area contributed by atoms with Gasteiger partial charge < -0.3 is 4.52 Å². The number of rotatable bonds is 2. The first-order chi connectivity index (χ1) is 10.8. The van der Waals surface area contributed by atoms with Crippen LogP contribution in [0, 0.1) is 6.92 Å². The van der Waals surface area contributed by atoms with Gasteiger partial charge in [0.1, 0.15) is 5.69 Å². The highest BCUT2D eigenvalue weighted by molar-refractivity contribution is 5.94. The third-order valence-corrected chi connectivity index (χ3v) is 3.67. The molecular formula is C18H13N3O. The molecule has 0 unspecified atom stereocenters. The van der Waals surface area contributed by atoms with Gasteiger partial charge in [0.25, 0.3) is 5.89 Å². The van der Waals surface area contributed by atoms with Gasteiger partial charge in [-0.3, -0.25) is 4.98 Å². The molecule has 0 bridgehead atoms. The fraction of sp³-hybridized carbons (Fsp3) is 0.0556. The molecule has 4 aromatic rings. The van der Waals surface area contributed by atoms with Gasteiger partial charge in [-0.25, -0.2) is 0 Å². The largest absolute Gasteiger partial charge is 0.334 e. The summed E-state index contributed by atoms with van der Waals surface area (Å²) >= 11 is 0. The smallest absolute Gasteiger partial charge is 0.258 e. The molecule has 0 radical (unpaired) electrons. The van der Waals surface area contributed by atoms with Crippen molar-refractivity contribution in [2.75, 3.05) is 0 Å². The van der Waals surface area contributed by atoms with Gasteiger partial charge >= 0.3 is 0 Å². The minimum absolute atomic E-state index is 0.511. The first-order valence-electron chi connectivity index (χ1n) is 7.07. The fourth-order valence-electron chi connectivity index (χ4n) is 2.56. The van der Waals surface area contributed by atoms with Crippen LogP contribution < -0.4 is 0 Å². The third kappa shape index (κ3) is 2.05. The van der Waals surface area contributed by atoms with Crippen LogP contribution in [0.2, 0.25) is 0 Å². The second-order valence-electron chi connectivity index (χ2n) is 5.12. The Morgan fingerprint density at radius 3 is 2.68 bits per heavy atom. The zero-order chi connectivity index (χ0) is 14.9. The zero-order valence-corrected chi connectivity index (χ0v) is 12.0. The van der Waals surface area contributed by atoms with Crippen molar-refractivity contribution in [3.63, 3.8) is 0 Å². The summed E-state index contributed by atoms with van der Waals surface area (Å²) in [5, 5.41) is 6.32. The summed E-state index contributed by atoms with van der Waals surface area (Å²) in [6.45, 7) is 1.98. The molecule has 0 aliphatic heterocycles. The summed E-state index contributed by atoms with van der Waals surface area (Å²) in [5.41, 5.74) is 2.70. The predicted octanol–water partition coefficient (Wildman–Crippen LogP) is 4.26. The van der Waals surface area contributed by atoms with Crippen LogP contribution in [-0.2, 0) is 0 Å².